The number of nitrogens with zero attached hydrogens (tertiary/aromatic N) is 4. The summed E-state index contributed by atoms with van der Waals surface area (Å²) in [5.74, 6) is 0.809. The lowest BCUT2D eigenvalue weighted by molar-refractivity contribution is -0.384. The topological polar surface area (TPSA) is 75.7 Å². The molecule has 1 fully saturated rings. The Bertz CT molecular complexity index is 1230. The van der Waals surface area contributed by atoms with E-state index >= 15 is 0 Å². The van der Waals surface area contributed by atoms with Crippen molar-refractivity contribution in [2.75, 3.05) is 32.7 Å². The summed E-state index contributed by atoms with van der Waals surface area (Å²) in [7, 11) is 0. The van der Waals surface area contributed by atoms with Crippen molar-refractivity contribution >= 4 is 5.69 Å². The van der Waals surface area contributed by atoms with Crippen LogP contribution in [0.25, 0.3) is 11.3 Å². The summed E-state index contributed by atoms with van der Waals surface area (Å²) in [5, 5.41) is 15.2. The first-order valence-electron chi connectivity index (χ1n) is 12.4. The second kappa shape index (κ2) is 11.3. The molecule has 4 aromatic rings. The van der Waals surface area contributed by atoms with Crippen LogP contribution in [-0.2, 0) is 6.42 Å². The van der Waals surface area contributed by atoms with Crippen molar-refractivity contribution in [1.29, 1.82) is 0 Å². The minimum Gasteiger partial charge on any atom is -0.361 e. The van der Waals surface area contributed by atoms with Gasteiger partial charge < -0.3 is 9.42 Å². The maximum Gasteiger partial charge on any atom is 0.270 e. The first kappa shape index (κ1) is 23.9. The molecule has 0 aliphatic carbocycles. The van der Waals surface area contributed by atoms with Crippen molar-refractivity contribution in [3.8, 4) is 11.3 Å². The molecule has 3 aromatic carbocycles. The Kier molecular flexibility index (Phi) is 7.50. The number of non-ortho nitro benzene ring substituents is 1. The molecule has 7 heteroatoms. The van der Waals surface area contributed by atoms with Gasteiger partial charge in [0.2, 0.25) is 0 Å². The van der Waals surface area contributed by atoms with Crippen molar-refractivity contribution in [2.24, 2.45) is 0 Å². The number of rotatable bonds is 9. The second-order valence-electron chi connectivity index (χ2n) is 9.19. The molecule has 0 N–H and O–H groups in total. The summed E-state index contributed by atoms with van der Waals surface area (Å²) in [5.41, 5.74) is 4.05. The molecule has 0 saturated carbocycles. The van der Waals surface area contributed by atoms with Crippen LogP contribution in [0.1, 0.15) is 29.3 Å². The van der Waals surface area contributed by atoms with Crippen LogP contribution in [0, 0.1) is 10.1 Å². The minimum absolute atomic E-state index is 0.0537. The fraction of sp³-hybridized carbons (Fsp3) is 0.276. The van der Waals surface area contributed by atoms with Crippen molar-refractivity contribution in [1.82, 2.24) is 15.0 Å². The molecular formula is C29H30N4O3. The van der Waals surface area contributed by atoms with Gasteiger partial charge in [0.25, 0.3) is 5.69 Å². The summed E-state index contributed by atoms with van der Waals surface area (Å²) < 4.78 is 5.51. The van der Waals surface area contributed by atoms with Crippen molar-refractivity contribution < 1.29 is 9.45 Å². The normalized spacial score (nSPS) is 14.8. The summed E-state index contributed by atoms with van der Waals surface area (Å²) in [4.78, 5) is 15.7. The van der Waals surface area contributed by atoms with Crippen LogP contribution in [0.3, 0.4) is 0 Å². The van der Waals surface area contributed by atoms with Gasteiger partial charge in [-0.2, -0.15) is 0 Å². The fourth-order valence-electron chi connectivity index (χ4n) is 4.95. The first-order valence-corrected chi connectivity index (χ1v) is 12.4. The lowest BCUT2D eigenvalue weighted by Gasteiger charge is -2.39. The fourth-order valence-corrected chi connectivity index (χ4v) is 4.95. The summed E-state index contributed by atoms with van der Waals surface area (Å²) in [6, 6.07) is 30.2. The standard InChI is InChI=1S/C29H30N4O3/c34-33(35)26-14-7-13-25(21-26)28-22-27(36-30-28)15-8-16-31-17-19-32(20-18-31)29(23-9-3-1-4-10-23)24-11-5-2-6-12-24/h1-7,9-14,21-22,29H,8,15-20H2. The molecule has 1 aromatic heterocycles. The van der Waals surface area contributed by atoms with Gasteiger partial charge in [-0.15, -0.1) is 0 Å². The summed E-state index contributed by atoms with van der Waals surface area (Å²) in [6.45, 7) is 5.11. The first-order chi connectivity index (χ1) is 17.7. The third kappa shape index (κ3) is 5.70. The van der Waals surface area contributed by atoms with Gasteiger partial charge in [0.1, 0.15) is 11.5 Å². The Morgan fingerprint density at radius 1 is 0.861 bits per heavy atom. The van der Waals surface area contributed by atoms with E-state index in [0.29, 0.717) is 11.3 Å². The molecule has 1 aliphatic rings. The molecule has 0 radical (unpaired) electrons. The van der Waals surface area contributed by atoms with Gasteiger partial charge in [-0.3, -0.25) is 15.0 Å². The molecule has 2 heterocycles. The average molecular weight is 483 g/mol. The number of piperazine rings is 1. The van der Waals surface area contributed by atoms with Crippen molar-refractivity contribution in [3.05, 3.63) is 118 Å². The quantitative estimate of drug-likeness (QED) is 0.229. The second-order valence-corrected chi connectivity index (χ2v) is 9.19. The van der Waals surface area contributed by atoms with E-state index in [-0.39, 0.29) is 11.7 Å². The molecule has 1 saturated heterocycles. The predicted octanol–water partition coefficient (Wildman–Crippen LogP) is 5.59. The van der Waals surface area contributed by atoms with Gasteiger partial charge in [0.15, 0.2) is 0 Å². The minimum atomic E-state index is -0.397. The SMILES string of the molecule is O=[N+]([O-])c1cccc(-c2cc(CCCN3CCN(C(c4ccccc4)c4ccccc4)CC3)on2)c1. The third-order valence-electron chi connectivity index (χ3n) is 6.81. The third-order valence-corrected chi connectivity index (χ3v) is 6.81. The number of aromatic nitrogens is 1. The van der Waals surface area contributed by atoms with Crippen LogP contribution >= 0.6 is 0 Å². The molecular weight excluding hydrogens is 452 g/mol. The summed E-state index contributed by atoms with van der Waals surface area (Å²) >= 11 is 0. The molecule has 184 valence electrons. The van der Waals surface area contributed by atoms with E-state index in [0.717, 1.165) is 51.3 Å². The van der Waals surface area contributed by atoms with Crippen LogP contribution in [0.5, 0.6) is 0 Å². The van der Waals surface area contributed by atoms with Gasteiger partial charge in [-0.05, 0) is 24.1 Å². The lowest BCUT2D eigenvalue weighted by atomic mass is 9.96. The number of hydrogen-bond acceptors (Lipinski definition) is 6. The number of aryl methyl sites for hydroxylation is 1. The molecule has 0 spiro atoms. The Hall–Kier alpha value is -3.81. The monoisotopic (exact) mass is 482 g/mol. The molecule has 0 unspecified atom stereocenters. The molecule has 0 amide bonds. The number of nitro benzene ring substituents is 1. The van der Waals surface area contributed by atoms with Crippen LogP contribution < -0.4 is 0 Å². The van der Waals surface area contributed by atoms with Crippen LogP contribution in [-0.4, -0.2) is 52.6 Å². The highest BCUT2D eigenvalue weighted by Gasteiger charge is 2.26. The number of hydrogen-bond donors (Lipinski definition) is 0. The van der Waals surface area contributed by atoms with Gasteiger partial charge in [0, 0.05) is 56.4 Å². The Morgan fingerprint density at radius 3 is 2.17 bits per heavy atom. The highest BCUT2D eigenvalue weighted by molar-refractivity contribution is 5.62. The van der Waals surface area contributed by atoms with Crippen LogP contribution in [0.15, 0.2) is 95.5 Å². The largest absolute Gasteiger partial charge is 0.361 e. The van der Waals surface area contributed by atoms with E-state index in [9.17, 15) is 10.1 Å². The average Bonchev–Trinajstić information content (AvgIpc) is 3.40. The Labute approximate surface area is 211 Å². The van der Waals surface area contributed by atoms with Crippen LogP contribution in [0.2, 0.25) is 0 Å². The van der Waals surface area contributed by atoms with E-state index in [1.807, 2.05) is 12.1 Å². The highest BCUT2D eigenvalue weighted by Crippen LogP contribution is 2.29. The predicted molar refractivity (Wildman–Crippen MR) is 140 cm³/mol. The molecule has 1 aliphatic heterocycles. The van der Waals surface area contributed by atoms with E-state index in [1.54, 1.807) is 6.07 Å². The van der Waals surface area contributed by atoms with Gasteiger partial charge >= 0.3 is 0 Å². The molecule has 0 bridgehead atoms. The summed E-state index contributed by atoms with van der Waals surface area (Å²) in [6.07, 6.45) is 1.77. The lowest BCUT2D eigenvalue weighted by Crippen LogP contribution is -2.48. The zero-order valence-corrected chi connectivity index (χ0v) is 20.2. The Morgan fingerprint density at radius 2 is 1.53 bits per heavy atom. The van der Waals surface area contributed by atoms with E-state index < -0.39 is 4.92 Å². The van der Waals surface area contributed by atoms with Crippen LogP contribution in [0.4, 0.5) is 5.69 Å². The molecule has 7 nitrogen and oxygen atoms in total. The van der Waals surface area contributed by atoms with Gasteiger partial charge in [0.05, 0.1) is 11.0 Å². The highest BCUT2D eigenvalue weighted by atomic mass is 16.6. The van der Waals surface area contributed by atoms with E-state index in [2.05, 4.69) is 75.6 Å². The van der Waals surface area contributed by atoms with Crippen molar-refractivity contribution in [2.45, 2.75) is 18.9 Å². The Balaban J connectivity index is 1.14. The van der Waals surface area contributed by atoms with Crippen molar-refractivity contribution in [3.63, 3.8) is 0 Å². The molecule has 36 heavy (non-hydrogen) atoms. The zero-order valence-electron chi connectivity index (χ0n) is 20.2. The van der Waals surface area contributed by atoms with Gasteiger partial charge in [-0.25, -0.2) is 0 Å². The zero-order chi connectivity index (χ0) is 24.7. The maximum absolute atomic E-state index is 11.0. The number of benzene rings is 3. The van der Waals surface area contributed by atoms with E-state index in [1.165, 1.54) is 23.3 Å². The van der Waals surface area contributed by atoms with E-state index in [4.69, 9.17) is 4.52 Å². The molecule has 0 atom stereocenters. The van der Waals surface area contributed by atoms with Gasteiger partial charge in [-0.1, -0.05) is 78.0 Å². The smallest absolute Gasteiger partial charge is 0.270 e. The molecule has 5 rings (SSSR count). The number of nitro groups is 1. The maximum atomic E-state index is 11.0.